The fourth-order valence-corrected chi connectivity index (χ4v) is 5.19. The molecule has 1 fully saturated rings. The zero-order valence-corrected chi connectivity index (χ0v) is 24.8. The first kappa shape index (κ1) is 30.8. The molecular weight excluding hydrogens is 575 g/mol. The molecule has 0 saturated carbocycles. The van der Waals surface area contributed by atoms with Crippen LogP contribution in [0.1, 0.15) is 46.6 Å². The highest BCUT2D eigenvalue weighted by Crippen LogP contribution is 2.39. The number of piperazine rings is 1. The fraction of sp³-hybridized carbons (Fsp3) is 0.333. The van der Waals surface area contributed by atoms with Crippen LogP contribution in [-0.2, 0) is 11.0 Å². The molecule has 0 aliphatic carbocycles. The lowest BCUT2D eigenvalue weighted by Gasteiger charge is -2.37. The van der Waals surface area contributed by atoms with Gasteiger partial charge in [-0.1, -0.05) is 6.92 Å². The summed E-state index contributed by atoms with van der Waals surface area (Å²) in [4.78, 5) is 37.4. The number of hydrazine groups is 2. The lowest BCUT2D eigenvalue weighted by atomic mass is 10.0. The van der Waals surface area contributed by atoms with Crippen molar-refractivity contribution in [2.45, 2.75) is 33.9 Å². The molecule has 232 valence electrons. The Morgan fingerprint density at radius 3 is 2.36 bits per heavy atom. The molecule has 2 aromatic heterocycles. The molecule has 3 aromatic rings. The topological polar surface area (TPSA) is 118 Å². The monoisotopic (exact) mass is 609 g/mol. The van der Waals surface area contributed by atoms with E-state index >= 15 is 0 Å². The van der Waals surface area contributed by atoms with Crippen LogP contribution in [0.15, 0.2) is 48.9 Å². The molecule has 5 rings (SSSR count). The maximum atomic E-state index is 14.1. The average molecular weight is 610 g/mol. The number of pyridine rings is 2. The third-order valence-corrected chi connectivity index (χ3v) is 7.63. The first-order valence-electron chi connectivity index (χ1n) is 14.2. The van der Waals surface area contributed by atoms with Gasteiger partial charge in [-0.2, -0.15) is 13.2 Å². The molecule has 4 heterocycles. The number of nitrogens with zero attached hydrogens (tertiary/aromatic N) is 5. The molecule has 0 radical (unpaired) electrons. The average Bonchev–Trinajstić information content (AvgIpc) is 3.48. The lowest BCUT2D eigenvalue weighted by molar-refractivity contribution is -0.138. The molecular formula is C30H34F3N9O2. The van der Waals surface area contributed by atoms with Crippen molar-refractivity contribution in [1.82, 2.24) is 25.8 Å². The van der Waals surface area contributed by atoms with Crippen LogP contribution in [-0.4, -0.2) is 59.4 Å². The van der Waals surface area contributed by atoms with Gasteiger partial charge in [-0.3, -0.25) is 19.6 Å². The first-order valence-corrected chi connectivity index (χ1v) is 14.2. The summed E-state index contributed by atoms with van der Waals surface area (Å²) in [6.07, 6.45) is 0.151. The van der Waals surface area contributed by atoms with E-state index in [4.69, 9.17) is 0 Å². The molecule has 2 aliphatic rings. The number of aryl methyl sites for hydroxylation is 1. The molecule has 0 atom stereocenters. The second kappa shape index (κ2) is 12.5. The molecule has 4 N–H and O–H groups in total. The van der Waals surface area contributed by atoms with Crippen molar-refractivity contribution in [1.29, 1.82) is 0 Å². The van der Waals surface area contributed by atoms with E-state index in [0.717, 1.165) is 31.3 Å². The largest absolute Gasteiger partial charge is 0.416 e. The summed E-state index contributed by atoms with van der Waals surface area (Å²) >= 11 is 0. The number of carbonyl (C=O) groups is 2. The highest BCUT2D eigenvalue weighted by Gasteiger charge is 2.35. The molecule has 0 spiro atoms. The third kappa shape index (κ3) is 6.76. The van der Waals surface area contributed by atoms with E-state index in [2.05, 4.69) is 43.4 Å². The van der Waals surface area contributed by atoms with Crippen LogP contribution in [0.5, 0.6) is 0 Å². The smallest absolute Gasteiger partial charge is 0.369 e. The van der Waals surface area contributed by atoms with Gasteiger partial charge in [-0.15, -0.1) is 5.53 Å². The summed E-state index contributed by atoms with van der Waals surface area (Å²) in [7, 11) is 0. The number of hydrogen-bond donors (Lipinski definition) is 4. The maximum absolute atomic E-state index is 14.1. The van der Waals surface area contributed by atoms with Gasteiger partial charge in [0.25, 0.3) is 5.91 Å². The number of benzene rings is 1. The van der Waals surface area contributed by atoms with Gasteiger partial charge in [0.2, 0.25) is 5.91 Å². The van der Waals surface area contributed by atoms with E-state index in [9.17, 15) is 22.8 Å². The third-order valence-electron chi connectivity index (χ3n) is 7.63. The maximum Gasteiger partial charge on any atom is 0.416 e. The summed E-state index contributed by atoms with van der Waals surface area (Å²) in [5.41, 5.74) is 8.63. The van der Waals surface area contributed by atoms with E-state index < -0.39 is 17.6 Å². The van der Waals surface area contributed by atoms with E-state index in [1.54, 1.807) is 48.6 Å². The molecule has 14 heteroatoms. The number of alkyl halides is 3. The Bertz CT molecular complexity index is 1580. The van der Waals surface area contributed by atoms with Gasteiger partial charge in [0, 0.05) is 68.6 Å². The van der Waals surface area contributed by atoms with Gasteiger partial charge in [0.05, 0.1) is 28.2 Å². The number of rotatable bonds is 7. The number of likely N-dealkylation sites (N-methyl/N-ethyl adjacent to an activating group) is 1. The molecule has 2 aliphatic heterocycles. The van der Waals surface area contributed by atoms with E-state index in [0.29, 0.717) is 41.7 Å². The van der Waals surface area contributed by atoms with Crippen LogP contribution >= 0.6 is 0 Å². The minimum atomic E-state index is -4.58. The Labute approximate surface area is 253 Å². The summed E-state index contributed by atoms with van der Waals surface area (Å²) in [5.74, 6) is -0.394. The van der Waals surface area contributed by atoms with E-state index in [1.165, 1.54) is 20.0 Å². The molecule has 44 heavy (non-hydrogen) atoms. The van der Waals surface area contributed by atoms with Crippen molar-refractivity contribution < 1.29 is 22.8 Å². The SMILES string of the molecule is CCN1CCN(c2cc(NC(=O)c3cnc(C)c(N4C=C(c5ccc(NC(C)=O)nc5)NN4)c3)cc(C(F)(F)F)c2C)CC1. The van der Waals surface area contributed by atoms with E-state index in [-0.39, 0.29) is 22.7 Å². The van der Waals surface area contributed by atoms with Gasteiger partial charge < -0.3 is 25.9 Å². The minimum absolute atomic E-state index is 0.0568. The van der Waals surface area contributed by atoms with Gasteiger partial charge >= 0.3 is 6.18 Å². The summed E-state index contributed by atoms with van der Waals surface area (Å²) in [6, 6.07) is 7.65. The Morgan fingerprint density at radius 2 is 1.73 bits per heavy atom. The molecule has 0 bridgehead atoms. The second-order valence-corrected chi connectivity index (χ2v) is 10.6. The second-order valence-electron chi connectivity index (χ2n) is 10.6. The summed E-state index contributed by atoms with van der Waals surface area (Å²) in [5, 5.41) is 6.91. The Hall–Kier alpha value is -4.69. The van der Waals surface area contributed by atoms with Crippen molar-refractivity contribution in [3.8, 4) is 0 Å². The minimum Gasteiger partial charge on any atom is -0.369 e. The standard InChI is InChI=1S/C30H34F3N9O2/c1-5-40-8-10-41(11-9-40)26-14-23(13-24(18(26)2)30(31,32)33)37-29(44)22-12-27(19(3)34-16-22)42-17-25(38-39-42)21-6-7-28(35-15-21)36-20(4)43/h6-7,12-17,38-39H,5,8-11H2,1-4H3,(H,37,44)(H,35,36,43). The zero-order valence-electron chi connectivity index (χ0n) is 24.8. The number of carbonyl (C=O) groups excluding carboxylic acids is 2. The van der Waals surface area contributed by atoms with Crippen LogP contribution in [0.2, 0.25) is 0 Å². The lowest BCUT2D eigenvalue weighted by Crippen LogP contribution is -2.46. The summed E-state index contributed by atoms with van der Waals surface area (Å²) in [6.45, 7) is 10.3. The number of amides is 2. The normalized spacial score (nSPS) is 15.6. The predicted molar refractivity (Wildman–Crippen MR) is 163 cm³/mol. The Kier molecular flexibility index (Phi) is 8.74. The van der Waals surface area contributed by atoms with Crippen LogP contribution in [0, 0.1) is 13.8 Å². The Morgan fingerprint density at radius 1 is 0.977 bits per heavy atom. The van der Waals surface area contributed by atoms with Crippen molar-refractivity contribution in [3.63, 3.8) is 0 Å². The molecule has 2 amide bonds. The van der Waals surface area contributed by atoms with Crippen LogP contribution in [0.25, 0.3) is 5.70 Å². The van der Waals surface area contributed by atoms with Gasteiger partial charge in [0.15, 0.2) is 0 Å². The fourth-order valence-electron chi connectivity index (χ4n) is 5.19. The van der Waals surface area contributed by atoms with Crippen molar-refractivity contribution in [2.24, 2.45) is 0 Å². The zero-order chi connectivity index (χ0) is 31.6. The Balaban J connectivity index is 1.37. The van der Waals surface area contributed by atoms with Crippen molar-refractivity contribution >= 4 is 40.4 Å². The van der Waals surface area contributed by atoms with Gasteiger partial charge in [-0.05, 0) is 56.3 Å². The molecule has 1 saturated heterocycles. The first-order chi connectivity index (χ1) is 20.9. The van der Waals surface area contributed by atoms with Crippen molar-refractivity contribution in [3.05, 3.63) is 76.9 Å². The summed E-state index contributed by atoms with van der Waals surface area (Å²) < 4.78 is 42.2. The number of nitrogens with one attached hydrogen (secondary N) is 4. The predicted octanol–water partition coefficient (Wildman–Crippen LogP) is 4.29. The van der Waals surface area contributed by atoms with Crippen molar-refractivity contribution in [2.75, 3.05) is 53.3 Å². The van der Waals surface area contributed by atoms with Gasteiger partial charge in [-0.25, -0.2) is 4.98 Å². The molecule has 1 aromatic carbocycles. The highest BCUT2D eigenvalue weighted by atomic mass is 19.4. The van der Waals surface area contributed by atoms with E-state index in [1.807, 2.05) is 4.90 Å². The van der Waals surface area contributed by atoms with Crippen LogP contribution in [0.3, 0.4) is 0 Å². The quantitative estimate of drug-likeness (QED) is 0.311. The molecule has 0 unspecified atom stereocenters. The molecule has 11 nitrogen and oxygen atoms in total. The van der Waals surface area contributed by atoms with Crippen LogP contribution < -0.4 is 31.5 Å². The van der Waals surface area contributed by atoms with Crippen LogP contribution in [0.4, 0.5) is 36.1 Å². The van der Waals surface area contributed by atoms with Gasteiger partial charge in [0.1, 0.15) is 5.82 Å². The number of halogens is 3. The number of anilines is 4. The number of hydrogen-bond acceptors (Lipinski definition) is 9. The number of aromatic nitrogens is 2. The highest BCUT2D eigenvalue weighted by molar-refractivity contribution is 6.05.